The predicted octanol–water partition coefficient (Wildman–Crippen LogP) is 2.64. The second-order valence-corrected chi connectivity index (χ2v) is 7.25. The highest BCUT2D eigenvalue weighted by Crippen LogP contribution is 2.27. The van der Waals surface area contributed by atoms with Crippen molar-refractivity contribution in [1.29, 1.82) is 0 Å². The normalized spacial score (nSPS) is 18.6. The Kier molecular flexibility index (Phi) is 5.00. The standard InChI is InChI=1S/C13H18BrNO3S/c1-2-18-11-7-9-15(10-8-11)19(16,17)13-6-4-3-5-12(13)14/h3-6,11H,2,7-10H2,1H3. The van der Waals surface area contributed by atoms with E-state index in [4.69, 9.17) is 4.74 Å². The average molecular weight is 348 g/mol. The van der Waals surface area contributed by atoms with Crippen LogP contribution in [0.15, 0.2) is 33.6 Å². The third-order valence-electron chi connectivity index (χ3n) is 3.26. The summed E-state index contributed by atoms with van der Waals surface area (Å²) in [5.41, 5.74) is 0. The maximum Gasteiger partial charge on any atom is 0.244 e. The first-order chi connectivity index (χ1) is 9.05. The van der Waals surface area contributed by atoms with Crippen molar-refractivity contribution in [1.82, 2.24) is 4.31 Å². The molecular weight excluding hydrogens is 330 g/mol. The molecule has 1 heterocycles. The van der Waals surface area contributed by atoms with Gasteiger partial charge in [0.05, 0.1) is 11.0 Å². The summed E-state index contributed by atoms with van der Waals surface area (Å²) in [6.07, 6.45) is 1.71. The second-order valence-electron chi connectivity index (χ2n) is 4.49. The van der Waals surface area contributed by atoms with Crippen LogP contribution in [0.1, 0.15) is 19.8 Å². The van der Waals surface area contributed by atoms with Gasteiger partial charge in [0.25, 0.3) is 0 Å². The zero-order valence-corrected chi connectivity index (χ0v) is 13.3. The Morgan fingerprint density at radius 3 is 2.53 bits per heavy atom. The van der Waals surface area contributed by atoms with E-state index in [0.29, 0.717) is 29.1 Å². The van der Waals surface area contributed by atoms with Crippen molar-refractivity contribution < 1.29 is 13.2 Å². The molecule has 0 unspecified atom stereocenters. The Labute approximate surface area is 122 Å². The summed E-state index contributed by atoms with van der Waals surface area (Å²) < 4.78 is 32.8. The van der Waals surface area contributed by atoms with Gasteiger partial charge in [-0.15, -0.1) is 0 Å². The largest absolute Gasteiger partial charge is 0.378 e. The van der Waals surface area contributed by atoms with Gasteiger partial charge in [-0.25, -0.2) is 8.42 Å². The average Bonchev–Trinajstić information content (AvgIpc) is 2.40. The Hall–Kier alpha value is -0.430. The van der Waals surface area contributed by atoms with E-state index in [9.17, 15) is 8.42 Å². The van der Waals surface area contributed by atoms with Crippen LogP contribution in [-0.4, -0.2) is 38.5 Å². The maximum atomic E-state index is 12.5. The minimum absolute atomic E-state index is 0.190. The first-order valence-electron chi connectivity index (χ1n) is 6.42. The number of hydrogen-bond donors (Lipinski definition) is 0. The van der Waals surface area contributed by atoms with Crippen LogP contribution in [0.4, 0.5) is 0 Å². The minimum Gasteiger partial charge on any atom is -0.378 e. The fourth-order valence-corrected chi connectivity index (χ4v) is 4.70. The predicted molar refractivity (Wildman–Crippen MR) is 77.5 cm³/mol. The molecule has 0 bridgehead atoms. The zero-order valence-electron chi connectivity index (χ0n) is 10.9. The van der Waals surface area contributed by atoms with Crippen LogP contribution in [-0.2, 0) is 14.8 Å². The van der Waals surface area contributed by atoms with Crippen molar-refractivity contribution in [3.63, 3.8) is 0 Å². The third-order valence-corrected chi connectivity index (χ3v) is 6.17. The molecule has 0 radical (unpaired) electrons. The lowest BCUT2D eigenvalue weighted by atomic mass is 10.1. The summed E-state index contributed by atoms with van der Waals surface area (Å²) in [7, 11) is -3.40. The van der Waals surface area contributed by atoms with E-state index >= 15 is 0 Å². The lowest BCUT2D eigenvalue weighted by Gasteiger charge is -2.31. The van der Waals surface area contributed by atoms with Crippen molar-refractivity contribution in [3.8, 4) is 0 Å². The van der Waals surface area contributed by atoms with Gasteiger partial charge < -0.3 is 4.74 Å². The molecule has 0 amide bonds. The van der Waals surface area contributed by atoms with E-state index in [1.54, 1.807) is 22.5 Å². The first kappa shape index (κ1) is 15.0. The Morgan fingerprint density at radius 2 is 1.95 bits per heavy atom. The van der Waals surface area contributed by atoms with Crippen molar-refractivity contribution in [2.24, 2.45) is 0 Å². The molecule has 1 aliphatic rings. The number of sulfonamides is 1. The van der Waals surface area contributed by atoms with Gasteiger partial charge in [0.2, 0.25) is 10.0 Å². The molecule has 2 rings (SSSR count). The molecule has 0 atom stereocenters. The number of hydrogen-bond acceptors (Lipinski definition) is 3. The highest BCUT2D eigenvalue weighted by molar-refractivity contribution is 9.10. The molecule has 106 valence electrons. The fourth-order valence-electron chi connectivity index (χ4n) is 2.27. The van der Waals surface area contributed by atoms with Crippen molar-refractivity contribution in [2.45, 2.75) is 30.8 Å². The molecule has 1 aromatic rings. The molecule has 0 saturated carbocycles. The quantitative estimate of drug-likeness (QED) is 0.840. The molecule has 1 fully saturated rings. The molecular formula is C13H18BrNO3S. The monoisotopic (exact) mass is 347 g/mol. The van der Waals surface area contributed by atoms with Crippen LogP contribution in [0.5, 0.6) is 0 Å². The van der Waals surface area contributed by atoms with Crippen LogP contribution in [0, 0.1) is 0 Å². The van der Waals surface area contributed by atoms with E-state index < -0.39 is 10.0 Å². The first-order valence-corrected chi connectivity index (χ1v) is 8.65. The van der Waals surface area contributed by atoms with Crippen LogP contribution >= 0.6 is 15.9 Å². The SMILES string of the molecule is CCOC1CCN(S(=O)(=O)c2ccccc2Br)CC1. The second kappa shape index (κ2) is 6.35. The molecule has 1 aromatic carbocycles. The lowest BCUT2D eigenvalue weighted by molar-refractivity contribution is 0.0290. The van der Waals surface area contributed by atoms with E-state index in [1.807, 2.05) is 13.0 Å². The summed E-state index contributed by atoms with van der Waals surface area (Å²) in [6.45, 7) is 3.69. The molecule has 0 spiro atoms. The molecule has 1 saturated heterocycles. The van der Waals surface area contributed by atoms with Gasteiger partial charge >= 0.3 is 0 Å². The van der Waals surface area contributed by atoms with Gasteiger partial charge in [0, 0.05) is 24.2 Å². The van der Waals surface area contributed by atoms with Crippen molar-refractivity contribution in [2.75, 3.05) is 19.7 Å². The van der Waals surface area contributed by atoms with Gasteiger partial charge in [-0.05, 0) is 47.8 Å². The van der Waals surface area contributed by atoms with Gasteiger partial charge in [-0.2, -0.15) is 4.31 Å². The Balaban J connectivity index is 2.12. The van der Waals surface area contributed by atoms with Crippen LogP contribution in [0.2, 0.25) is 0 Å². The van der Waals surface area contributed by atoms with E-state index in [2.05, 4.69) is 15.9 Å². The van der Waals surface area contributed by atoms with Crippen LogP contribution < -0.4 is 0 Å². The zero-order chi connectivity index (χ0) is 13.9. The van der Waals surface area contributed by atoms with Crippen molar-refractivity contribution in [3.05, 3.63) is 28.7 Å². The molecule has 1 aliphatic heterocycles. The topological polar surface area (TPSA) is 46.6 Å². The highest BCUT2D eigenvalue weighted by atomic mass is 79.9. The molecule has 0 aliphatic carbocycles. The number of halogens is 1. The summed E-state index contributed by atoms with van der Waals surface area (Å²) >= 11 is 3.30. The van der Waals surface area contributed by atoms with E-state index in [-0.39, 0.29) is 6.10 Å². The van der Waals surface area contributed by atoms with E-state index in [1.165, 1.54) is 0 Å². The van der Waals surface area contributed by atoms with Gasteiger partial charge in [-0.1, -0.05) is 12.1 Å². The molecule has 0 N–H and O–H groups in total. The summed E-state index contributed by atoms with van der Waals surface area (Å²) in [6, 6.07) is 6.93. The van der Waals surface area contributed by atoms with Gasteiger partial charge in [0.1, 0.15) is 0 Å². The Bertz CT molecular complexity index is 524. The number of rotatable bonds is 4. The Morgan fingerprint density at radius 1 is 1.32 bits per heavy atom. The maximum absolute atomic E-state index is 12.5. The minimum atomic E-state index is -3.40. The number of nitrogens with zero attached hydrogens (tertiary/aromatic N) is 1. The third kappa shape index (κ3) is 3.37. The highest BCUT2D eigenvalue weighted by Gasteiger charge is 2.30. The molecule has 6 heteroatoms. The smallest absolute Gasteiger partial charge is 0.244 e. The summed E-state index contributed by atoms with van der Waals surface area (Å²) in [5.74, 6) is 0. The number of benzene rings is 1. The van der Waals surface area contributed by atoms with Crippen LogP contribution in [0.25, 0.3) is 0 Å². The molecule has 4 nitrogen and oxygen atoms in total. The van der Waals surface area contributed by atoms with Gasteiger partial charge in [-0.3, -0.25) is 0 Å². The van der Waals surface area contributed by atoms with E-state index in [0.717, 1.165) is 12.8 Å². The molecule has 19 heavy (non-hydrogen) atoms. The van der Waals surface area contributed by atoms with Gasteiger partial charge in [0.15, 0.2) is 0 Å². The summed E-state index contributed by atoms with van der Waals surface area (Å²) in [5, 5.41) is 0. The van der Waals surface area contributed by atoms with Crippen molar-refractivity contribution >= 4 is 26.0 Å². The fraction of sp³-hybridized carbons (Fsp3) is 0.538. The summed E-state index contributed by atoms with van der Waals surface area (Å²) in [4.78, 5) is 0.338. The molecule has 0 aromatic heterocycles. The van der Waals surface area contributed by atoms with Crippen LogP contribution in [0.3, 0.4) is 0 Å². The lowest BCUT2D eigenvalue weighted by Crippen LogP contribution is -2.40. The number of ether oxygens (including phenoxy) is 1. The number of piperidine rings is 1.